The van der Waals surface area contributed by atoms with Crippen LogP contribution in [-0.2, 0) is 0 Å². The van der Waals surface area contributed by atoms with Crippen LogP contribution in [0.3, 0.4) is 0 Å². The van der Waals surface area contributed by atoms with Crippen LogP contribution >= 0.6 is 23.2 Å². The molecular weight excluding hydrogens is 335 g/mol. The van der Waals surface area contributed by atoms with Gasteiger partial charge in [0.2, 0.25) is 5.75 Å². The molecule has 0 aromatic heterocycles. The minimum absolute atomic E-state index is 0.0607. The number of ether oxygens (including phenoxy) is 2. The fourth-order valence-corrected chi connectivity index (χ4v) is 2.32. The first-order valence-corrected chi connectivity index (χ1v) is 7.57. The lowest BCUT2D eigenvalue weighted by atomic mass is 10.2. The Kier molecular flexibility index (Phi) is 4.60. The Morgan fingerprint density at radius 2 is 1.13 bits per heavy atom. The largest absolute Gasteiger partial charge is 0.504 e. The average Bonchev–Trinajstić information content (AvgIpc) is 2.54. The van der Waals surface area contributed by atoms with Gasteiger partial charge in [0.25, 0.3) is 0 Å². The molecule has 0 aliphatic heterocycles. The zero-order chi connectivity index (χ0) is 16.2. The third kappa shape index (κ3) is 3.52. The van der Waals surface area contributed by atoms with Crippen LogP contribution < -0.4 is 9.47 Å². The van der Waals surface area contributed by atoms with Gasteiger partial charge in [-0.15, -0.1) is 0 Å². The number of hydrogen-bond donors (Lipinski definition) is 1. The van der Waals surface area contributed by atoms with Crippen molar-refractivity contribution in [2.45, 2.75) is 0 Å². The highest BCUT2D eigenvalue weighted by atomic mass is 35.5. The van der Waals surface area contributed by atoms with E-state index in [0.717, 1.165) is 0 Å². The van der Waals surface area contributed by atoms with Gasteiger partial charge in [0.15, 0.2) is 11.5 Å². The topological polar surface area (TPSA) is 38.7 Å². The van der Waals surface area contributed by atoms with Crippen molar-refractivity contribution in [1.29, 1.82) is 0 Å². The van der Waals surface area contributed by atoms with Gasteiger partial charge in [-0.3, -0.25) is 0 Å². The average molecular weight is 347 g/mol. The number of aromatic hydroxyl groups is 1. The fraction of sp³-hybridized carbons (Fsp3) is 0. The number of rotatable bonds is 4. The Labute approximate surface area is 143 Å². The van der Waals surface area contributed by atoms with Crippen molar-refractivity contribution in [1.82, 2.24) is 0 Å². The first-order valence-electron chi connectivity index (χ1n) is 6.82. The van der Waals surface area contributed by atoms with E-state index in [1.165, 1.54) is 6.07 Å². The van der Waals surface area contributed by atoms with Gasteiger partial charge in [0, 0.05) is 0 Å². The van der Waals surface area contributed by atoms with Crippen molar-refractivity contribution in [3.05, 3.63) is 76.8 Å². The summed E-state index contributed by atoms with van der Waals surface area (Å²) >= 11 is 12.2. The summed E-state index contributed by atoms with van der Waals surface area (Å²) in [6.45, 7) is 0. The number of hydrogen-bond acceptors (Lipinski definition) is 3. The Morgan fingerprint density at radius 1 is 0.609 bits per heavy atom. The van der Waals surface area contributed by atoms with E-state index in [9.17, 15) is 5.11 Å². The fourth-order valence-electron chi connectivity index (χ4n) is 1.97. The predicted octanol–water partition coefficient (Wildman–Crippen LogP) is 6.28. The molecule has 23 heavy (non-hydrogen) atoms. The quantitative estimate of drug-likeness (QED) is 0.603. The van der Waals surface area contributed by atoms with Gasteiger partial charge in [-0.05, 0) is 36.4 Å². The molecule has 3 aromatic carbocycles. The zero-order valence-corrected chi connectivity index (χ0v) is 13.4. The molecule has 116 valence electrons. The summed E-state index contributed by atoms with van der Waals surface area (Å²) in [5, 5.41) is 11.0. The second-order valence-electron chi connectivity index (χ2n) is 4.67. The molecule has 0 fully saturated rings. The van der Waals surface area contributed by atoms with E-state index in [1.54, 1.807) is 60.7 Å². The molecule has 0 spiro atoms. The van der Waals surface area contributed by atoms with Gasteiger partial charge in [0.1, 0.15) is 11.5 Å². The van der Waals surface area contributed by atoms with E-state index in [2.05, 4.69) is 0 Å². The summed E-state index contributed by atoms with van der Waals surface area (Å²) in [5.41, 5.74) is 0. The Morgan fingerprint density at radius 3 is 1.74 bits per heavy atom. The lowest BCUT2D eigenvalue weighted by Crippen LogP contribution is -1.92. The van der Waals surface area contributed by atoms with Gasteiger partial charge in [-0.2, -0.15) is 0 Å². The molecule has 0 radical (unpaired) electrons. The van der Waals surface area contributed by atoms with Crippen molar-refractivity contribution in [2.75, 3.05) is 0 Å². The second kappa shape index (κ2) is 6.82. The van der Waals surface area contributed by atoms with E-state index in [0.29, 0.717) is 27.3 Å². The van der Waals surface area contributed by atoms with Crippen LogP contribution in [0.1, 0.15) is 0 Å². The second-order valence-corrected chi connectivity index (χ2v) is 5.48. The molecule has 0 saturated heterocycles. The van der Waals surface area contributed by atoms with Gasteiger partial charge in [-0.25, -0.2) is 0 Å². The summed E-state index contributed by atoms with van der Waals surface area (Å²) in [4.78, 5) is 0. The Bertz CT molecular complexity index is 834. The summed E-state index contributed by atoms with van der Waals surface area (Å²) in [7, 11) is 0. The van der Waals surface area contributed by atoms with E-state index in [-0.39, 0.29) is 11.5 Å². The number of para-hydroxylation sites is 3. The molecule has 0 unspecified atom stereocenters. The number of phenolic OH excluding ortho intramolecular Hbond substituents is 1. The van der Waals surface area contributed by atoms with Crippen molar-refractivity contribution in [3.63, 3.8) is 0 Å². The molecule has 0 aliphatic carbocycles. The van der Waals surface area contributed by atoms with Crippen molar-refractivity contribution in [2.24, 2.45) is 0 Å². The highest BCUT2D eigenvalue weighted by molar-refractivity contribution is 6.32. The lowest BCUT2D eigenvalue weighted by Gasteiger charge is -2.14. The SMILES string of the molecule is Oc1cccc(Oc2ccccc2Cl)c1Oc1ccccc1Cl. The minimum atomic E-state index is -0.0607. The Hall–Kier alpha value is -2.36. The first-order chi connectivity index (χ1) is 11.1. The highest BCUT2D eigenvalue weighted by Crippen LogP contribution is 2.43. The van der Waals surface area contributed by atoms with Gasteiger partial charge < -0.3 is 14.6 Å². The van der Waals surface area contributed by atoms with Gasteiger partial charge in [0.05, 0.1) is 10.0 Å². The smallest absolute Gasteiger partial charge is 0.211 e. The number of phenols is 1. The molecule has 0 aliphatic rings. The predicted molar refractivity (Wildman–Crippen MR) is 91.2 cm³/mol. The molecule has 0 amide bonds. The van der Waals surface area contributed by atoms with Crippen LogP contribution in [0.25, 0.3) is 0 Å². The molecule has 0 heterocycles. The van der Waals surface area contributed by atoms with E-state index in [1.807, 2.05) is 0 Å². The maximum Gasteiger partial charge on any atom is 0.211 e. The maximum absolute atomic E-state index is 10.1. The molecule has 3 nitrogen and oxygen atoms in total. The number of benzene rings is 3. The van der Waals surface area contributed by atoms with Crippen LogP contribution in [0.5, 0.6) is 28.7 Å². The number of halogens is 2. The standard InChI is InChI=1S/C18H12Cl2O3/c19-12-6-1-3-9-15(12)22-17-11-5-8-14(21)18(17)23-16-10-4-2-7-13(16)20/h1-11,21H. The summed E-state index contributed by atoms with van der Waals surface area (Å²) < 4.78 is 11.5. The van der Waals surface area contributed by atoms with E-state index < -0.39 is 0 Å². The lowest BCUT2D eigenvalue weighted by molar-refractivity contribution is 0.381. The molecule has 1 N–H and O–H groups in total. The van der Waals surface area contributed by atoms with Crippen molar-refractivity contribution >= 4 is 23.2 Å². The van der Waals surface area contributed by atoms with Crippen LogP contribution in [0.4, 0.5) is 0 Å². The molecular formula is C18H12Cl2O3. The van der Waals surface area contributed by atoms with Crippen LogP contribution in [-0.4, -0.2) is 5.11 Å². The van der Waals surface area contributed by atoms with Gasteiger partial charge >= 0.3 is 0 Å². The van der Waals surface area contributed by atoms with Crippen molar-refractivity contribution < 1.29 is 14.6 Å². The third-order valence-electron chi connectivity index (χ3n) is 3.06. The summed E-state index contributed by atoms with van der Waals surface area (Å²) in [6.07, 6.45) is 0. The normalized spacial score (nSPS) is 10.3. The van der Waals surface area contributed by atoms with E-state index in [4.69, 9.17) is 32.7 Å². The monoisotopic (exact) mass is 346 g/mol. The van der Waals surface area contributed by atoms with Crippen LogP contribution in [0.15, 0.2) is 66.7 Å². The molecule has 0 atom stereocenters. The maximum atomic E-state index is 10.1. The summed E-state index contributed by atoms with van der Waals surface area (Å²) in [5.74, 6) is 1.32. The molecule has 3 aromatic rings. The highest BCUT2D eigenvalue weighted by Gasteiger charge is 2.15. The first kappa shape index (κ1) is 15.5. The molecule has 5 heteroatoms. The molecule has 3 rings (SSSR count). The van der Waals surface area contributed by atoms with Crippen LogP contribution in [0, 0.1) is 0 Å². The van der Waals surface area contributed by atoms with Crippen molar-refractivity contribution in [3.8, 4) is 28.7 Å². The third-order valence-corrected chi connectivity index (χ3v) is 3.69. The Balaban J connectivity index is 1.97. The molecule has 0 saturated carbocycles. The van der Waals surface area contributed by atoms with E-state index >= 15 is 0 Å². The van der Waals surface area contributed by atoms with Crippen LogP contribution in [0.2, 0.25) is 10.0 Å². The minimum Gasteiger partial charge on any atom is -0.504 e. The molecule has 0 bridgehead atoms. The summed E-state index contributed by atoms with van der Waals surface area (Å²) in [6, 6.07) is 18.9. The van der Waals surface area contributed by atoms with Gasteiger partial charge in [-0.1, -0.05) is 53.5 Å². The zero-order valence-electron chi connectivity index (χ0n) is 11.9.